The Morgan fingerprint density at radius 2 is 1.80 bits per heavy atom. The minimum absolute atomic E-state index is 0.208. The Morgan fingerprint density at radius 3 is 2.33 bits per heavy atom. The smallest absolute Gasteiger partial charge is 0.220 e. The Bertz CT molecular complexity index is 173. The molecule has 0 aliphatic rings. The summed E-state index contributed by atoms with van der Waals surface area (Å²) >= 11 is 0. The van der Waals surface area contributed by atoms with E-state index in [-0.39, 0.29) is 5.91 Å². The first-order valence-electron chi connectivity index (χ1n) is 6.03. The molecule has 0 aromatic carbocycles. The van der Waals surface area contributed by atoms with Crippen LogP contribution in [0.25, 0.3) is 0 Å². The zero-order chi connectivity index (χ0) is 11.7. The van der Waals surface area contributed by atoms with Gasteiger partial charge in [0.15, 0.2) is 0 Å². The van der Waals surface area contributed by atoms with Gasteiger partial charge in [-0.3, -0.25) is 4.79 Å². The zero-order valence-electron chi connectivity index (χ0n) is 10.8. The summed E-state index contributed by atoms with van der Waals surface area (Å²) in [7, 11) is 6.40. The maximum atomic E-state index is 11.4. The van der Waals surface area contributed by atoms with Crippen LogP contribution in [0.15, 0.2) is 0 Å². The molecule has 0 aliphatic carbocycles. The highest BCUT2D eigenvalue weighted by Crippen LogP contribution is 2.01. The number of unbranched alkanes of at least 4 members (excludes halogenated alkanes) is 3. The van der Waals surface area contributed by atoms with Crippen molar-refractivity contribution < 1.29 is 9.28 Å². The fraction of sp³-hybridized carbons (Fsp3) is 0.917. The van der Waals surface area contributed by atoms with E-state index in [0.717, 1.165) is 24.0 Å². The Hall–Kier alpha value is -0.570. The first kappa shape index (κ1) is 14.4. The molecule has 90 valence electrons. The van der Waals surface area contributed by atoms with Gasteiger partial charge in [-0.25, -0.2) is 0 Å². The van der Waals surface area contributed by atoms with Gasteiger partial charge in [-0.05, 0) is 6.42 Å². The minimum Gasteiger partial charge on any atom is -0.350 e. The second kappa shape index (κ2) is 7.69. The third-order valence-electron chi connectivity index (χ3n) is 2.36. The van der Waals surface area contributed by atoms with Gasteiger partial charge in [0, 0.05) is 6.42 Å². The normalized spacial score (nSPS) is 11.5. The van der Waals surface area contributed by atoms with Gasteiger partial charge in [0.05, 0.1) is 34.2 Å². The summed E-state index contributed by atoms with van der Waals surface area (Å²) in [5.41, 5.74) is 0. The van der Waals surface area contributed by atoms with Crippen molar-refractivity contribution in [3.05, 3.63) is 0 Å². The number of quaternary nitrogens is 1. The van der Waals surface area contributed by atoms with Gasteiger partial charge in [0.1, 0.15) is 0 Å². The topological polar surface area (TPSA) is 29.1 Å². The number of amides is 1. The van der Waals surface area contributed by atoms with E-state index >= 15 is 0 Å². The maximum Gasteiger partial charge on any atom is 0.220 e. The molecular formula is C12H27N2O+. The van der Waals surface area contributed by atoms with Gasteiger partial charge >= 0.3 is 0 Å². The van der Waals surface area contributed by atoms with Crippen molar-refractivity contribution in [1.29, 1.82) is 0 Å². The lowest BCUT2D eigenvalue weighted by atomic mass is 10.1. The number of hydrogen-bond donors (Lipinski definition) is 1. The van der Waals surface area contributed by atoms with Crippen LogP contribution < -0.4 is 5.32 Å². The van der Waals surface area contributed by atoms with Crippen LogP contribution in [0.3, 0.4) is 0 Å². The van der Waals surface area contributed by atoms with E-state index in [0.29, 0.717) is 6.42 Å². The summed E-state index contributed by atoms with van der Waals surface area (Å²) in [6.45, 7) is 3.96. The van der Waals surface area contributed by atoms with Gasteiger partial charge in [-0.2, -0.15) is 0 Å². The van der Waals surface area contributed by atoms with E-state index in [1.165, 1.54) is 19.3 Å². The minimum atomic E-state index is 0.208. The molecule has 0 aliphatic heterocycles. The van der Waals surface area contributed by atoms with Crippen LogP contribution in [0, 0.1) is 0 Å². The first-order valence-corrected chi connectivity index (χ1v) is 6.03. The largest absolute Gasteiger partial charge is 0.350 e. The monoisotopic (exact) mass is 215 g/mol. The van der Waals surface area contributed by atoms with Crippen molar-refractivity contribution in [3.63, 3.8) is 0 Å². The first-order chi connectivity index (χ1) is 6.95. The van der Waals surface area contributed by atoms with Crippen molar-refractivity contribution in [3.8, 4) is 0 Å². The fourth-order valence-electron chi connectivity index (χ4n) is 1.33. The van der Waals surface area contributed by atoms with Crippen molar-refractivity contribution in [2.75, 3.05) is 34.2 Å². The van der Waals surface area contributed by atoms with Gasteiger partial charge in [-0.1, -0.05) is 26.2 Å². The molecule has 0 bridgehead atoms. The quantitative estimate of drug-likeness (QED) is 0.485. The lowest BCUT2D eigenvalue weighted by molar-refractivity contribution is -0.869. The molecule has 0 aromatic heterocycles. The number of hydrogen-bond acceptors (Lipinski definition) is 1. The van der Waals surface area contributed by atoms with Crippen LogP contribution in [0.2, 0.25) is 0 Å². The van der Waals surface area contributed by atoms with E-state index in [1.807, 2.05) is 0 Å². The molecule has 0 saturated carbocycles. The highest BCUT2D eigenvalue weighted by atomic mass is 16.1. The highest BCUT2D eigenvalue weighted by molar-refractivity contribution is 5.75. The van der Waals surface area contributed by atoms with E-state index in [2.05, 4.69) is 33.4 Å². The number of nitrogens with zero attached hydrogens (tertiary/aromatic N) is 1. The van der Waals surface area contributed by atoms with Crippen LogP contribution in [-0.2, 0) is 4.79 Å². The van der Waals surface area contributed by atoms with E-state index in [1.54, 1.807) is 0 Å². The van der Waals surface area contributed by atoms with Crippen LogP contribution in [0.5, 0.6) is 0 Å². The van der Waals surface area contributed by atoms with E-state index in [4.69, 9.17) is 0 Å². The molecule has 0 rings (SSSR count). The molecule has 1 N–H and O–H groups in total. The molecule has 0 aromatic rings. The van der Waals surface area contributed by atoms with Crippen molar-refractivity contribution in [2.45, 2.75) is 39.0 Å². The average Bonchev–Trinajstić information content (AvgIpc) is 2.10. The molecule has 0 spiro atoms. The summed E-state index contributed by atoms with van der Waals surface area (Å²) in [6.07, 6.45) is 5.37. The summed E-state index contributed by atoms with van der Waals surface area (Å²) in [6, 6.07) is 0. The van der Waals surface area contributed by atoms with Crippen molar-refractivity contribution >= 4 is 5.91 Å². The van der Waals surface area contributed by atoms with E-state index in [9.17, 15) is 4.79 Å². The van der Waals surface area contributed by atoms with Crippen LogP contribution in [-0.4, -0.2) is 44.6 Å². The summed E-state index contributed by atoms with van der Waals surface area (Å²) in [4.78, 5) is 11.4. The molecule has 0 fully saturated rings. The van der Waals surface area contributed by atoms with Gasteiger partial charge < -0.3 is 9.80 Å². The Balaban J connectivity index is 3.34. The van der Waals surface area contributed by atoms with Crippen molar-refractivity contribution in [2.24, 2.45) is 0 Å². The fourth-order valence-corrected chi connectivity index (χ4v) is 1.33. The highest BCUT2D eigenvalue weighted by Gasteiger charge is 2.07. The van der Waals surface area contributed by atoms with Crippen LogP contribution in [0.1, 0.15) is 39.0 Å². The lowest BCUT2D eigenvalue weighted by Gasteiger charge is -2.23. The van der Waals surface area contributed by atoms with Crippen molar-refractivity contribution in [1.82, 2.24) is 5.32 Å². The molecule has 0 heterocycles. The number of carbonyl (C=O) groups excluding carboxylic acids is 1. The molecule has 0 radical (unpaired) electrons. The predicted octanol–water partition coefficient (Wildman–Crippen LogP) is 1.78. The molecule has 15 heavy (non-hydrogen) atoms. The second-order valence-electron chi connectivity index (χ2n) is 5.17. The summed E-state index contributed by atoms with van der Waals surface area (Å²) in [5.74, 6) is 0.208. The summed E-state index contributed by atoms with van der Waals surface area (Å²) < 4.78 is 0.899. The number of carbonyl (C=O) groups is 1. The van der Waals surface area contributed by atoms with Gasteiger partial charge in [0.2, 0.25) is 5.91 Å². The van der Waals surface area contributed by atoms with Gasteiger partial charge in [-0.15, -0.1) is 0 Å². The number of nitrogens with one attached hydrogen (secondary N) is 1. The Labute approximate surface area is 94.4 Å². The molecule has 0 atom stereocenters. The predicted molar refractivity (Wildman–Crippen MR) is 64.7 cm³/mol. The third-order valence-corrected chi connectivity index (χ3v) is 2.36. The summed E-state index contributed by atoms with van der Waals surface area (Å²) in [5, 5.41) is 2.96. The average molecular weight is 215 g/mol. The number of rotatable bonds is 8. The molecule has 3 heteroatoms. The SMILES string of the molecule is CCCCCCC(=O)NCC[N+](C)(C)C. The number of likely N-dealkylation sites (N-methyl/N-ethyl adjacent to an activating group) is 1. The molecule has 3 nitrogen and oxygen atoms in total. The lowest BCUT2D eigenvalue weighted by Crippen LogP contribution is -2.41. The maximum absolute atomic E-state index is 11.4. The standard InChI is InChI=1S/C12H26N2O/c1-5-6-7-8-9-12(15)13-10-11-14(2,3)4/h5-11H2,1-4H3/p+1. The zero-order valence-corrected chi connectivity index (χ0v) is 10.8. The Morgan fingerprint density at radius 1 is 1.13 bits per heavy atom. The van der Waals surface area contributed by atoms with E-state index < -0.39 is 0 Å². The third kappa shape index (κ3) is 11.4. The van der Waals surface area contributed by atoms with Crippen LogP contribution >= 0.6 is 0 Å². The van der Waals surface area contributed by atoms with Gasteiger partial charge in [0.25, 0.3) is 0 Å². The van der Waals surface area contributed by atoms with Crippen LogP contribution in [0.4, 0.5) is 0 Å². The molecular weight excluding hydrogens is 188 g/mol. The second-order valence-corrected chi connectivity index (χ2v) is 5.17. The molecule has 1 amide bonds. The Kier molecular flexibility index (Phi) is 7.39. The molecule has 0 saturated heterocycles. The molecule has 0 unspecified atom stereocenters.